The van der Waals surface area contributed by atoms with E-state index in [0.29, 0.717) is 37.9 Å². The van der Waals surface area contributed by atoms with Gasteiger partial charge in [0, 0.05) is 46.1 Å². The minimum atomic E-state index is -2.83. The summed E-state index contributed by atoms with van der Waals surface area (Å²) >= 11 is 7.75. The molecule has 0 radical (unpaired) electrons. The van der Waals surface area contributed by atoms with E-state index in [-0.39, 0.29) is 24.4 Å². The Hall–Kier alpha value is -2.72. The molecule has 33 heavy (non-hydrogen) atoms. The van der Waals surface area contributed by atoms with Gasteiger partial charge < -0.3 is 4.90 Å². The lowest BCUT2D eigenvalue weighted by molar-refractivity contribution is 0.0566. The summed E-state index contributed by atoms with van der Waals surface area (Å²) in [7, 11) is 0. The number of alkyl halides is 3. The van der Waals surface area contributed by atoms with Crippen molar-refractivity contribution in [2.24, 2.45) is 4.99 Å². The zero-order chi connectivity index (χ0) is 23.3. The van der Waals surface area contributed by atoms with Crippen LogP contribution in [0.4, 0.5) is 17.6 Å². The topological polar surface area (TPSA) is 46.3 Å². The SMILES string of the molecule is CC[C@@]1(F)CC2=C(c3cnn(C(F)F)c3)[C@H](c3ccc(F)cc3Cl)N=C(c3nccs3)N2C1. The molecule has 0 N–H and O–H groups in total. The molecular formula is C22H18ClF4N5S. The van der Waals surface area contributed by atoms with Crippen molar-refractivity contribution in [1.82, 2.24) is 19.7 Å². The van der Waals surface area contributed by atoms with Gasteiger partial charge in [-0.05, 0) is 24.1 Å². The van der Waals surface area contributed by atoms with Crippen LogP contribution in [0.3, 0.4) is 0 Å². The molecule has 1 fully saturated rings. The second-order valence-corrected chi connectivity index (χ2v) is 9.27. The Bertz CT molecular complexity index is 1260. The molecule has 2 aliphatic rings. The van der Waals surface area contributed by atoms with Crippen molar-refractivity contribution in [2.45, 2.75) is 38.0 Å². The van der Waals surface area contributed by atoms with Crippen molar-refractivity contribution in [1.29, 1.82) is 0 Å². The first-order valence-corrected chi connectivity index (χ1v) is 11.5. The lowest BCUT2D eigenvalue weighted by Crippen LogP contribution is -2.35. The maximum absolute atomic E-state index is 15.7. The molecule has 0 bridgehead atoms. The molecule has 5 nitrogen and oxygen atoms in total. The van der Waals surface area contributed by atoms with E-state index in [1.807, 2.05) is 0 Å². The molecule has 172 valence electrons. The van der Waals surface area contributed by atoms with Crippen LogP contribution in [-0.2, 0) is 0 Å². The predicted octanol–water partition coefficient (Wildman–Crippen LogP) is 6.26. The number of allylic oxidation sites excluding steroid dienone is 1. The van der Waals surface area contributed by atoms with Gasteiger partial charge in [-0.2, -0.15) is 13.9 Å². The molecule has 2 atom stereocenters. The van der Waals surface area contributed by atoms with E-state index in [2.05, 4.69) is 10.1 Å². The number of thiazole rings is 1. The fourth-order valence-electron chi connectivity index (χ4n) is 4.29. The molecule has 5 rings (SSSR count). The standard InChI is InChI=1S/C22H18ClF4N5S/c1-2-22(27)8-16-17(12-9-29-32(10-12)21(25)26)18(14-4-3-13(24)7-15(14)23)30-19(31(16)11-22)20-28-5-6-33-20/h3-7,9-10,18,21H,2,8,11H2,1H3/t18-,22+/m0/s1. The van der Waals surface area contributed by atoms with Crippen LogP contribution in [0.15, 0.2) is 52.9 Å². The number of amidine groups is 1. The summed E-state index contributed by atoms with van der Waals surface area (Å²) in [5.41, 5.74) is 0.455. The monoisotopic (exact) mass is 495 g/mol. The van der Waals surface area contributed by atoms with Gasteiger partial charge in [-0.3, -0.25) is 4.99 Å². The summed E-state index contributed by atoms with van der Waals surface area (Å²) in [6.45, 7) is -0.999. The van der Waals surface area contributed by atoms with E-state index in [1.165, 1.54) is 41.9 Å². The average molecular weight is 496 g/mol. The molecule has 1 aromatic carbocycles. The van der Waals surface area contributed by atoms with Crippen LogP contribution in [0.25, 0.3) is 5.57 Å². The Balaban J connectivity index is 1.76. The van der Waals surface area contributed by atoms with Gasteiger partial charge in [0.1, 0.15) is 17.5 Å². The number of rotatable bonds is 5. The zero-order valence-corrected chi connectivity index (χ0v) is 18.9. The summed E-state index contributed by atoms with van der Waals surface area (Å²) in [6.07, 6.45) is 4.49. The van der Waals surface area contributed by atoms with Crippen LogP contribution in [0, 0.1) is 5.82 Å². The third kappa shape index (κ3) is 3.85. The Morgan fingerprint density at radius 2 is 2.15 bits per heavy atom. The second kappa shape index (κ2) is 8.25. The molecule has 4 heterocycles. The van der Waals surface area contributed by atoms with Gasteiger partial charge in [-0.1, -0.05) is 24.6 Å². The van der Waals surface area contributed by atoms with Crippen molar-refractivity contribution in [2.75, 3.05) is 6.54 Å². The van der Waals surface area contributed by atoms with Gasteiger partial charge in [0.2, 0.25) is 0 Å². The Labute approximate surface area is 196 Å². The highest BCUT2D eigenvalue weighted by molar-refractivity contribution is 7.11. The van der Waals surface area contributed by atoms with E-state index in [9.17, 15) is 13.2 Å². The van der Waals surface area contributed by atoms with Crippen LogP contribution in [0.1, 0.15) is 48.5 Å². The van der Waals surface area contributed by atoms with Gasteiger partial charge >= 0.3 is 6.55 Å². The highest BCUT2D eigenvalue weighted by Gasteiger charge is 2.47. The first-order chi connectivity index (χ1) is 15.8. The summed E-state index contributed by atoms with van der Waals surface area (Å²) in [5, 5.41) is 6.29. The summed E-state index contributed by atoms with van der Waals surface area (Å²) < 4.78 is 56.6. The van der Waals surface area contributed by atoms with E-state index >= 15 is 4.39 Å². The molecular weight excluding hydrogens is 478 g/mol. The Morgan fingerprint density at radius 1 is 1.33 bits per heavy atom. The van der Waals surface area contributed by atoms with Crippen LogP contribution >= 0.6 is 22.9 Å². The molecule has 2 aromatic heterocycles. The number of nitrogens with zero attached hydrogens (tertiary/aromatic N) is 5. The minimum absolute atomic E-state index is 0.0631. The van der Waals surface area contributed by atoms with Gasteiger partial charge in [-0.15, -0.1) is 11.3 Å². The fraction of sp³-hybridized carbons (Fsp3) is 0.318. The quantitative estimate of drug-likeness (QED) is 0.392. The molecule has 2 aliphatic heterocycles. The maximum atomic E-state index is 15.7. The number of fused-ring (bicyclic) bond motifs is 1. The lowest BCUT2D eigenvalue weighted by atomic mass is 9.89. The molecule has 0 unspecified atom stereocenters. The van der Waals surface area contributed by atoms with Gasteiger partial charge in [-0.25, -0.2) is 18.4 Å². The molecule has 0 saturated carbocycles. The number of aromatic nitrogens is 3. The van der Waals surface area contributed by atoms with Crippen LogP contribution in [0.5, 0.6) is 0 Å². The minimum Gasteiger partial charge on any atom is -0.324 e. The van der Waals surface area contributed by atoms with E-state index in [4.69, 9.17) is 16.6 Å². The number of aliphatic imine (C=N–C) groups is 1. The maximum Gasteiger partial charge on any atom is 0.333 e. The summed E-state index contributed by atoms with van der Waals surface area (Å²) in [4.78, 5) is 11.0. The molecule has 3 aromatic rings. The van der Waals surface area contributed by atoms with Crippen LogP contribution < -0.4 is 0 Å². The zero-order valence-electron chi connectivity index (χ0n) is 17.4. The van der Waals surface area contributed by atoms with E-state index < -0.39 is 24.1 Å². The van der Waals surface area contributed by atoms with Crippen molar-refractivity contribution >= 4 is 34.3 Å². The number of benzene rings is 1. The molecule has 0 amide bonds. The van der Waals surface area contributed by atoms with Crippen molar-refractivity contribution in [3.8, 4) is 0 Å². The third-order valence-electron chi connectivity index (χ3n) is 5.97. The Kier molecular flexibility index (Phi) is 5.52. The van der Waals surface area contributed by atoms with Crippen LogP contribution in [-0.4, -0.2) is 37.7 Å². The molecule has 0 spiro atoms. The fourth-order valence-corrected chi connectivity index (χ4v) is 5.20. The molecule has 11 heteroatoms. The summed E-state index contributed by atoms with van der Waals surface area (Å²) in [5.74, 6) is -0.0389. The van der Waals surface area contributed by atoms with Gasteiger partial charge in [0.15, 0.2) is 10.8 Å². The number of hydrogen-bond donors (Lipinski definition) is 0. The smallest absolute Gasteiger partial charge is 0.324 e. The van der Waals surface area contributed by atoms with Gasteiger partial charge in [0.05, 0.1) is 12.7 Å². The normalized spacial score (nSPS) is 22.8. The number of hydrogen-bond acceptors (Lipinski definition) is 5. The van der Waals surface area contributed by atoms with Crippen molar-refractivity contribution < 1.29 is 17.6 Å². The largest absolute Gasteiger partial charge is 0.333 e. The highest BCUT2D eigenvalue weighted by Crippen LogP contribution is 2.49. The van der Waals surface area contributed by atoms with Gasteiger partial charge in [0.25, 0.3) is 0 Å². The predicted molar refractivity (Wildman–Crippen MR) is 119 cm³/mol. The third-order valence-corrected chi connectivity index (χ3v) is 7.07. The first kappa shape index (κ1) is 22.1. The lowest BCUT2D eigenvalue weighted by Gasteiger charge is -2.32. The van der Waals surface area contributed by atoms with E-state index in [0.717, 1.165) is 0 Å². The van der Waals surface area contributed by atoms with E-state index in [1.54, 1.807) is 23.4 Å². The average Bonchev–Trinajstić information content (AvgIpc) is 3.52. The second-order valence-electron chi connectivity index (χ2n) is 7.97. The number of halogens is 5. The first-order valence-electron chi connectivity index (χ1n) is 10.2. The molecule has 0 aliphatic carbocycles. The molecule has 1 saturated heterocycles. The van der Waals surface area contributed by atoms with Crippen molar-refractivity contribution in [3.63, 3.8) is 0 Å². The summed E-state index contributed by atoms with van der Waals surface area (Å²) in [6, 6.07) is 3.17. The highest BCUT2D eigenvalue weighted by atomic mass is 35.5. The van der Waals surface area contributed by atoms with Crippen molar-refractivity contribution in [3.05, 3.63) is 74.8 Å². The van der Waals surface area contributed by atoms with Crippen LogP contribution in [0.2, 0.25) is 5.02 Å². The Morgan fingerprint density at radius 3 is 2.79 bits per heavy atom.